The molecule has 0 aliphatic rings. The number of rotatable bonds is 7. The molecular formula is C53H34N6. The van der Waals surface area contributed by atoms with Gasteiger partial charge in [0.15, 0.2) is 23.3 Å². The lowest BCUT2D eigenvalue weighted by Gasteiger charge is -2.16. The minimum absolute atomic E-state index is 0.545. The van der Waals surface area contributed by atoms with Crippen molar-refractivity contribution in [3.63, 3.8) is 0 Å². The van der Waals surface area contributed by atoms with Crippen molar-refractivity contribution in [2.24, 2.45) is 0 Å². The minimum Gasteiger partial charge on any atom is -0.308 e. The number of para-hydroxylation sites is 2. The zero-order chi connectivity index (χ0) is 39.1. The first-order valence-electron chi connectivity index (χ1n) is 19.7. The summed E-state index contributed by atoms with van der Waals surface area (Å²) in [5, 5.41) is 3.34. The lowest BCUT2D eigenvalue weighted by Crippen LogP contribution is -2.04. The number of aromatic nitrogens is 6. The molecule has 0 saturated heterocycles. The SMILES string of the molecule is c1ccc(-c2nc(-c3ccccc3)nc(-c3cc(-c4nc(-c5ccccc5)c5ccccc5n4)ccc3-n3c4ccccc4c4c(-c5ccccc5)cccc43)n2)cc1. The summed E-state index contributed by atoms with van der Waals surface area (Å²) in [5.41, 5.74) is 11.7. The van der Waals surface area contributed by atoms with Gasteiger partial charge in [-0.05, 0) is 47.5 Å². The molecule has 0 atom stereocenters. The van der Waals surface area contributed by atoms with E-state index in [9.17, 15) is 0 Å². The van der Waals surface area contributed by atoms with Crippen molar-refractivity contribution in [3.8, 4) is 73.6 Å². The van der Waals surface area contributed by atoms with Gasteiger partial charge < -0.3 is 4.57 Å². The average molecular weight is 755 g/mol. The Kier molecular flexibility index (Phi) is 8.37. The maximum Gasteiger partial charge on any atom is 0.166 e. The molecule has 276 valence electrons. The van der Waals surface area contributed by atoms with Crippen molar-refractivity contribution >= 4 is 32.7 Å². The molecule has 0 aliphatic carbocycles. The van der Waals surface area contributed by atoms with Crippen molar-refractivity contribution in [2.75, 3.05) is 0 Å². The van der Waals surface area contributed by atoms with E-state index >= 15 is 0 Å². The Morgan fingerprint density at radius 3 is 1.51 bits per heavy atom. The van der Waals surface area contributed by atoms with Gasteiger partial charge in [-0.15, -0.1) is 0 Å². The van der Waals surface area contributed by atoms with Crippen LogP contribution in [0.25, 0.3) is 106 Å². The van der Waals surface area contributed by atoms with Crippen LogP contribution in [0, 0.1) is 0 Å². The minimum atomic E-state index is 0.545. The van der Waals surface area contributed by atoms with Gasteiger partial charge in [0.25, 0.3) is 0 Å². The average Bonchev–Trinajstić information content (AvgIpc) is 3.66. The summed E-state index contributed by atoms with van der Waals surface area (Å²) >= 11 is 0. The van der Waals surface area contributed by atoms with Crippen molar-refractivity contribution in [2.45, 2.75) is 0 Å². The largest absolute Gasteiger partial charge is 0.308 e. The Balaban J connectivity index is 1.22. The smallest absolute Gasteiger partial charge is 0.166 e. The molecule has 0 amide bonds. The van der Waals surface area contributed by atoms with Gasteiger partial charge in [-0.3, -0.25) is 0 Å². The van der Waals surface area contributed by atoms with Gasteiger partial charge in [0.1, 0.15) is 0 Å². The van der Waals surface area contributed by atoms with E-state index in [1.807, 2.05) is 91.0 Å². The normalized spacial score (nSPS) is 11.4. The van der Waals surface area contributed by atoms with Crippen LogP contribution in [0.1, 0.15) is 0 Å². The number of hydrogen-bond donors (Lipinski definition) is 0. The van der Waals surface area contributed by atoms with Crippen LogP contribution < -0.4 is 0 Å². The quantitative estimate of drug-likeness (QED) is 0.162. The van der Waals surface area contributed by atoms with Gasteiger partial charge in [0, 0.05) is 44.0 Å². The Hall–Kier alpha value is -8.09. The maximum absolute atomic E-state index is 5.27. The first kappa shape index (κ1) is 34.2. The third-order valence-corrected chi connectivity index (χ3v) is 10.9. The highest BCUT2D eigenvalue weighted by Gasteiger charge is 2.22. The Labute approximate surface area is 340 Å². The highest BCUT2D eigenvalue weighted by Crippen LogP contribution is 2.41. The molecule has 6 nitrogen and oxygen atoms in total. The number of hydrogen-bond acceptors (Lipinski definition) is 5. The zero-order valence-electron chi connectivity index (χ0n) is 31.8. The Bertz CT molecular complexity index is 3250. The highest BCUT2D eigenvalue weighted by molar-refractivity contribution is 6.16. The lowest BCUT2D eigenvalue weighted by atomic mass is 9.99. The van der Waals surface area contributed by atoms with Gasteiger partial charge >= 0.3 is 0 Å². The molecular weight excluding hydrogens is 721 g/mol. The summed E-state index contributed by atoms with van der Waals surface area (Å²) in [6, 6.07) is 70.9. The van der Waals surface area contributed by atoms with E-state index in [1.165, 1.54) is 10.9 Å². The molecule has 3 aromatic heterocycles. The molecule has 11 rings (SSSR count). The molecule has 11 aromatic rings. The fourth-order valence-corrected chi connectivity index (χ4v) is 8.14. The molecule has 3 heterocycles. The summed E-state index contributed by atoms with van der Waals surface area (Å²) in [5.74, 6) is 2.34. The summed E-state index contributed by atoms with van der Waals surface area (Å²) < 4.78 is 2.35. The van der Waals surface area contributed by atoms with Gasteiger partial charge in [0.05, 0.1) is 27.9 Å². The van der Waals surface area contributed by atoms with Crippen molar-refractivity contribution in [1.82, 2.24) is 29.5 Å². The molecule has 0 saturated carbocycles. The molecule has 0 bridgehead atoms. The van der Waals surface area contributed by atoms with E-state index in [1.54, 1.807) is 0 Å². The molecule has 0 spiro atoms. The van der Waals surface area contributed by atoms with Crippen LogP contribution in [0.2, 0.25) is 0 Å². The van der Waals surface area contributed by atoms with Gasteiger partial charge in [0.2, 0.25) is 0 Å². The maximum atomic E-state index is 5.27. The van der Waals surface area contributed by atoms with E-state index in [0.717, 1.165) is 72.1 Å². The standard InChI is InChI=1S/C53H34N6/c1-5-18-35(19-6-1)40-28-17-31-47-48(40)42-27-14-16-30-45(42)59(47)46-33-32-39(52-54-44-29-15-13-26-41(44)49(55-52)36-20-7-2-8-21-36)34-43(46)53-57-50(37-22-9-3-10-23-37)56-51(58-53)38-24-11-4-12-25-38/h1-34H. The zero-order valence-corrected chi connectivity index (χ0v) is 31.8. The molecule has 59 heavy (non-hydrogen) atoms. The van der Waals surface area contributed by atoms with Gasteiger partial charge in [-0.25, -0.2) is 24.9 Å². The van der Waals surface area contributed by atoms with Crippen LogP contribution >= 0.6 is 0 Å². The van der Waals surface area contributed by atoms with Crippen LogP contribution in [0.3, 0.4) is 0 Å². The predicted octanol–water partition coefficient (Wildman–Crippen LogP) is 12.9. The van der Waals surface area contributed by atoms with Crippen LogP contribution in [0.5, 0.6) is 0 Å². The second kappa shape index (κ2) is 14.4. The number of nitrogens with zero attached hydrogens (tertiary/aromatic N) is 6. The van der Waals surface area contributed by atoms with Crippen molar-refractivity contribution < 1.29 is 0 Å². The number of fused-ring (bicyclic) bond motifs is 4. The fraction of sp³-hybridized carbons (Fsp3) is 0. The fourth-order valence-electron chi connectivity index (χ4n) is 8.14. The van der Waals surface area contributed by atoms with E-state index in [4.69, 9.17) is 24.9 Å². The third-order valence-electron chi connectivity index (χ3n) is 10.9. The molecule has 6 heteroatoms. The Morgan fingerprint density at radius 2 is 0.831 bits per heavy atom. The molecule has 0 unspecified atom stereocenters. The number of benzene rings is 8. The summed E-state index contributed by atoms with van der Waals surface area (Å²) in [4.78, 5) is 26.0. The third kappa shape index (κ3) is 6.11. The van der Waals surface area contributed by atoms with Crippen LogP contribution in [-0.4, -0.2) is 29.5 Å². The first-order chi connectivity index (χ1) is 29.3. The Morgan fingerprint density at radius 1 is 0.305 bits per heavy atom. The van der Waals surface area contributed by atoms with E-state index in [0.29, 0.717) is 23.3 Å². The van der Waals surface area contributed by atoms with Crippen LogP contribution in [0.15, 0.2) is 206 Å². The topological polar surface area (TPSA) is 69.4 Å². The van der Waals surface area contributed by atoms with E-state index in [-0.39, 0.29) is 0 Å². The van der Waals surface area contributed by atoms with E-state index in [2.05, 4.69) is 120 Å². The van der Waals surface area contributed by atoms with Gasteiger partial charge in [-0.1, -0.05) is 170 Å². The first-order valence-corrected chi connectivity index (χ1v) is 19.7. The monoisotopic (exact) mass is 754 g/mol. The van der Waals surface area contributed by atoms with Gasteiger partial charge in [-0.2, -0.15) is 0 Å². The van der Waals surface area contributed by atoms with Crippen molar-refractivity contribution in [1.29, 1.82) is 0 Å². The molecule has 0 fully saturated rings. The lowest BCUT2D eigenvalue weighted by molar-refractivity contribution is 1.06. The van der Waals surface area contributed by atoms with Crippen LogP contribution in [-0.2, 0) is 0 Å². The summed E-state index contributed by atoms with van der Waals surface area (Å²) in [6.45, 7) is 0. The molecule has 8 aromatic carbocycles. The summed E-state index contributed by atoms with van der Waals surface area (Å²) in [7, 11) is 0. The highest BCUT2D eigenvalue weighted by atomic mass is 15.1. The second-order valence-electron chi connectivity index (χ2n) is 14.5. The summed E-state index contributed by atoms with van der Waals surface area (Å²) in [6.07, 6.45) is 0. The molecule has 0 N–H and O–H groups in total. The predicted molar refractivity (Wildman–Crippen MR) is 240 cm³/mol. The van der Waals surface area contributed by atoms with Crippen molar-refractivity contribution in [3.05, 3.63) is 206 Å². The molecule has 0 aliphatic heterocycles. The van der Waals surface area contributed by atoms with E-state index < -0.39 is 0 Å². The van der Waals surface area contributed by atoms with Crippen LogP contribution in [0.4, 0.5) is 0 Å². The molecule has 0 radical (unpaired) electrons. The second-order valence-corrected chi connectivity index (χ2v) is 14.5.